The molecule has 2 rings (SSSR count). The number of hydrogen-bond acceptors (Lipinski definition) is 5. The number of carbonyl (C=O) groups excluding carboxylic acids is 2. The van der Waals surface area contributed by atoms with Gasteiger partial charge in [0, 0.05) is 12.5 Å². The second kappa shape index (κ2) is 7.11. The molecule has 5 heteroatoms. The highest BCUT2D eigenvalue weighted by Crippen LogP contribution is 2.29. The Morgan fingerprint density at radius 1 is 1.18 bits per heavy atom. The highest BCUT2D eigenvalue weighted by atomic mass is 16.5. The van der Waals surface area contributed by atoms with E-state index in [1.165, 1.54) is 6.07 Å². The molecule has 0 aromatic heterocycles. The first kappa shape index (κ1) is 16.1. The van der Waals surface area contributed by atoms with Gasteiger partial charge >= 0.3 is 5.97 Å². The predicted molar refractivity (Wildman–Crippen MR) is 81.0 cm³/mol. The Labute approximate surface area is 129 Å². The molecule has 0 saturated heterocycles. The monoisotopic (exact) mass is 304 g/mol. The highest BCUT2D eigenvalue weighted by molar-refractivity contribution is 6.01. The molecule has 0 bridgehead atoms. The quantitative estimate of drug-likeness (QED) is 0.569. The van der Waals surface area contributed by atoms with Gasteiger partial charge in [-0.15, -0.1) is 0 Å². The normalized spacial score (nSPS) is 21.8. The number of phenolic OH excluding ortho intramolecular Hbond substituents is 2. The fourth-order valence-electron chi connectivity index (χ4n) is 2.54. The van der Waals surface area contributed by atoms with Crippen molar-refractivity contribution in [1.82, 2.24) is 0 Å². The van der Waals surface area contributed by atoms with Crippen LogP contribution >= 0.6 is 0 Å². The van der Waals surface area contributed by atoms with Crippen molar-refractivity contribution in [2.75, 3.05) is 0 Å². The standard InChI is InChI=1S/C17H20O5/c1-11-6-4-2-3-5-7-14(19)17-12(9-16(21)22-11)8-13(18)10-15(17)20/h3,5,8,10-11,18,20H,2,4,6-7,9H2,1H3/b5-3-/t11-/m0/s1. The molecular formula is C17H20O5. The Balaban J connectivity index is 2.38. The summed E-state index contributed by atoms with van der Waals surface area (Å²) < 4.78 is 5.30. The van der Waals surface area contributed by atoms with Crippen molar-refractivity contribution >= 4 is 11.8 Å². The summed E-state index contributed by atoms with van der Waals surface area (Å²) in [5.41, 5.74) is 0.360. The molecule has 1 aliphatic rings. The van der Waals surface area contributed by atoms with Crippen LogP contribution in [0.4, 0.5) is 0 Å². The molecule has 1 aliphatic heterocycles. The van der Waals surface area contributed by atoms with Crippen LogP contribution in [0.15, 0.2) is 24.3 Å². The van der Waals surface area contributed by atoms with Crippen molar-refractivity contribution in [3.05, 3.63) is 35.4 Å². The number of aromatic hydroxyl groups is 2. The number of rotatable bonds is 0. The second-order valence-corrected chi connectivity index (χ2v) is 5.51. The van der Waals surface area contributed by atoms with Crippen LogP contribution in [-0.4, -0.2) is 28.1 Å². The predicted octanol–water partition coefficient (Wildman–Crippen LogP) is 2.88. The Kier molecular flexibility index (Phi) is 5.20. The number of ether oxygens (including phenoxy) is 1. The number of ketones is 1. The van der Waals surface area contributed by atoms with Crippen molar-refractivity contribution < 1.29 is 24.5 Å². The van der Waals surface area contributed by atoms with E-state index in [1.807, 2.05) is 13.0 Å². The van der Waals surface area contributed by atoms with E-state index < -0.39 is 5.97 Å². The van der Waals surface area contributed by atoms with E-state index in [1.54, 1.807) is 6.08 Å². The molecule has 1 atom stereocenters. The zero-order chi connectivity index (χ0) is 16.1. The van der Waals surface area contributed by atoms with Gasteiger partial charge in [-0.2, -0.15) is 0 Å². The number of hydrogen-bond donors (Lipinski definition) is 2. The van der Waals surface area contributed by atoms with Gasteiger partial charge in [-0.05, 0) is 37.8 Å². The third kappa shape index (κ3) is 4.10. The molecule has 0 radical (unpaired) electrons. The van der Waals surface area contributed by atoms with Gasteiger partial charge in [-0.3, -0.25) is 9.59 Å². The van der Waals surface area contributed by atoms with Crippen molar-refractivity contribution in [3.8, 4) is 11.5 Å². The molecular weight excluding hydrogens is 284 g/mol. The molecule has 0 aliphatic carbocycles. The number of fused-ring (bicyclic) bond motifs is 1. The summed E-state index contributed by atoms with van der Waals surface area (Å²) >= 11 is 0. The number of Topliss-reactive ketones (excluding diaryl/α,β-unsaturated/α-hetero) is 1. The average molecular weight is 304 g/mol. The van der Waals surface area contributed by atoms with Gasteiger partial charge in [-0.1, -0.05) is 12.2 Å². The Morgan fingerprint density at radius 2 is 1.95 bits per heavy atom. The van der Waals surface area contributed by atoms with Crippen LogP contribution in [0, 0.1) is 0 Å². The SMILES string of the molecule is C[C@H]1CCC/C=C\CC(=O)c2c(O)cc(O)cc2CC(=O)O1. The number of allylic oxidation sites excluding steroid dienone is 2. The van der Waals surface area contributed by atoms with E-state index in [9.17, 15) is 19.8 Å². The maximum atomic E-state index is 12.3. The van der Waals surface area contributed by atoms with Gasteiger partial charge < -0.3 is 14.9 Å². The van der Waals surface area contributed by atoms with Gasteiger partial charge in [0.05, 0.1) is 18.1 Å². The lowest BCUT2D eigenvalue weighted by molar-refractivity contribution is -0.147. The van der Waals surface area contributed by atoms with Crippen molar-refractivity contribution in [2.45, 2.75) is 45.1 Å². The number of esters is 1. The van der Waals surface area contributed by atoms with Crippen LogP contribution in [0.25, 0.3) is 0 Å². The lowest BCUT2D eigenvalue weighted by atomic mass is 9.97. The first-order valence-electron chi connectivity index (χ1n) is 7.40. The van der Waals surface area contributed by atoms with Crippen LogP contribution in [0.3, 0.4) is 0 Å². The van der Waals surface area contributed by atoms with Crippen LogP contribution in [0.1, 0.15) is 48.5 Å². The molecule has 5 nitrogen and oxygen atoms in total. The molecule has 1 aromatic carbocycles. The largest absolute Gasteiger partial charge is 0.508 e. The first-order chi connectivity index (χ1) is 10.5. The number of benzene rings is 1. The molecule has 0 saturated carbocycles. The summed E-state index contributed by atoms with van der Waals surface area (Å²) in [6.45, 7) is 1.83. The maximum Gasteiger partial charge on any atom is 0.310 e. The minimum atomic E-state index is -0.473. The zero-order valence-electron chi connectivity index (χ0n) is 12.5. The lowest BCUT2D eigenvalue weighted by Gasteiger charge is -2.14. The second-order valence-electron chi connectivity index (χ2n) is 5.51. The fourth-order valence-corrected chi connectivity index (χ4v) is 2.54. The third-order valence-electron chi connectivity index (χ3n) is 3.58. The molecule has 0 amide bonds. The summed E-state index contributed by atoms with van der Waals surface area (Å²) in [6.07, 6.45) is 5.91. The topological polar surface area (TPSA) is 83.8 Å². The number of phenols is 2. The summed E-state index contributed by atoms with van der Waals surface area (Å²) in [5.74, 6) is -1.27. The summed E-state index contributed by atoms with van der Waals surface area (Å²) in [4.78, 5) is 24.2. The van der Waals surface area contributed by atoms with E-state index >= 15 is 0 Å². The number of carbonyl (C=O) groups is 2. The molecule has 0 spiro atoms. The molecule has 118 valence electrons. The minimum Gasteiger partial charge on any atom is -0.508 e. The van der Waals surface area contributed by atoms with Crippen LogP contribution in [-0.2, 0) is 16.0 Å². The Hall–Kier alpha value is -2.30. The molecule has 2 N–H and O–H groups in total. The van der Waals surface area contributed by atoms with Crippen LogP contribution < -0.4 is 0 Å². The minimum absolute atomic E-state index is 0.0753. The first-order valence-corrected chi connectivity index (χ1v) is 7.40. The van der Waals surface area contributed by atoms with E-state index in [0.717, 1.165) is 25.3 Å². The average Bonchev–Trinajstić information content (AvgIpc) is 2.41. The Bertz CT molecular complexity index is 603. The van der Waals surface area contributed by atoms with E-state index in [-0.39, 0.29) is 47.4 Å². The van der Waals surface area contributed by atoms with Crippen LogP contribution in [0.5, 0.6) is 11.5 Å². The highest BCUT2D eigenvalue weighted by Gasteiger charge is 2.20. The molecule has 1 aromatic rings. The van der Waals surface area contributed by atoms with Crippen molar-refractivity contribution in [1.29, 1.82) is 0 Å². The van der Waals surface area contributed by atoms with E-state index in [4.69, 9.17) is 4.74 Å². The molecule has 0 unspecified atom stereocenters. The molecule has 22 heavy (non-hydrogen) atoms. The van der Waals surface area contributed by atoms with Gasteiger partial charge in [0.2, 0.25) is 0 Å². The van der Waals surface area contributed by atoms with E-state index in [0.29, 0.717) is 0 Å². The van der Waals surface area contributed by atoms with Gasteiger partial charge in [0.15, 0.2) is 5.78 Å². The number of cyclic esters (lactones) is 1. The van der Waals surface area contributed by atoms with Gasteiger partial charge in [-0.25, -0.2) is 0 Å². The molecule has 1 heterocycles. The summed E-state index contributed by atoms with van der Waals surface area (Å²) in [5, 5.41) is 19.5. The Morgan fingerprint density at radius 3 is 2.73 bits per heavy atom. The van der Waals surface area contributed by atoms with Gasteiger partial charge in [0.25, 0.3) is 0 Å². The van der Waals surface area contributed by atoms with Gasteiger partial charge in [0.1, 0.15) is 11.5 Å². The van der Waals surface area contributed by atoms with Crippen molar-refractivity contribution in [2.24, 2.45) is 0 Å². The summed E-state index contributed by atoms with van der Waals surface area (Å²) in [6, 6.07) is 2.43. The fraction of sp³-hybridized carbons (Fsp3) is 0.412. The maximum absolute atomic E-state index is 12.3. The lowest BCUT2D eigenvalue weighted by Crippen LogP contribution is -2.17. The van der Waals surface area contributed by atoms with Crippen LogP contribution in [0.2, 0.25) is 0 Å². The zero-order valence-corrected chi connectivity index (χ0v) is 12.5. The summed E-state index contributed by atoms with van der Waals surface area (Å²) in [7, 11) is 0. The van der Waals surface area contributed by atoms with Crippen molar-refractivity contribution in [3.63, 3.8) is 0 Å². The third-order valence-corrected chi connectivity index (χ3v) is 3.58. The smallest absolute Gasteiger partial charge is 0.310 e. The van der Waals surface area contributed by atoms with E-state index in [2.05, 4.69) is 0 Å². The molecule has 0 fully saturated rings.